The van der Waals surface area contributed by atoms with Gasteiger partial charge in [-0.2, -0.15) is 0 Å². The van der Waals surface area contributed by atoms with Crippen LogP contribution in [0.5, 0.6) is 5.75 Å². The number of nitrogen functional groups attached to an aromatic ring is 1. The number of allylic oxidation sites excluding steroid dienone is 10. The normalized spacial score (nSPS) is 14.9. The summed E-state index contributed by atoms with van der Waals surface area (Å²) in [6.45, 7) is 0. The fourth-order valence-electron chi connectivity index (χ4n) is 1.64. The highest BCUT2D eigenvalue weighted by atomic mass is 17.3. The summed E-state index contributed by atoms with van der Waals surface area (Å²) in [6, 6.07) is 5.32. The molecule has 22 heavy (non-hydrogen) atoms. The zero-order chi connectivity index (χ0) is 15.5. The second-order valence-electron chi connectivity index (χ2n) is 4.34. The third-order valence-electron chi connectivity index (χ3n) is 2.65. The van der Waals surface area contributed by atoms with Gasteiger partial charge in [-0.3, -0.25) is 0 Å². The average Bonchev–Trinajstić information content (AvgIpc) is 2.52. The summed E-state index contributed by atoms with van der Waals surface area (Å²) in [5.41, 5.74) is 9.85. The molecule has 0 spiro atoms. The second-order valence-corrected chi connectivity index (χ2v) is 4.34. The molecule has 0 fully saturated rings. The van der Waals surface area contributed by atoms with Gasteiger partial charge in [0.1, 0.15) is 0 Å². The molecule has 0 amide bonds. The number of benzene rings is 1. The molecule has 1 aromatic carbocycles. The standard InChI is InChI=1S/C18H18N2O2/c19-17-12-13-18-16(15-17)11-9-7-5-3-1-2-4-6-8-10-14-20-22-21-18/h1-15,20H,19H2. The molecule has 0 atom stereocenters. The Balaban J connectivity index is 2.19. The molecule has 0 unspecified atom stereocenters. The van der Waals surface area contributed by atoms with Gasteiger partial charge >= 0.3 is 0 Å². The molecule has 2 rings (SSSR count). The van der Waals surface area contributed by atoms with Crippen molar-refractivity contribution in [1.29, 1.82) is 0 Å². The van der Waals surface area contributed by atoms with E-state index in [-0.39, 0.29) is 0 Å². The number of nitrogens with one attached hydrogen (secondary N) is 1. The van der Waals surface area contributed by atoms with E-state index in [4.69, 9.17) is 15.6 Å². The van der Waals surface area contributed by atoms with Crippen molar-refractivity contribution in [2.45, 2.75) is 0 Å². The van der Waals surface area contributed by atoms with Crippen LogP contribution in [-0.2, 0) is 4.99 Å². The third-order valence-corrected chi connectivity index (χ3v) is 2.65. The van der Waals surface area contributed by atoms with Crippen LogP contribution in [0, 0.1) is 0 Å². The Morgan fingerprint density at radius 3 is 2.14 bits per heavy atom. The molecule has 4 heteroatoms. The van der Waals surface area contributed by atoms with Crippen molar-refractivity contribution in [1.82, 2.24) is 5.48 Å². The first kappa shape index (κ1) is 15.4. The molecular weight excluding hydrogens is 276 g/mol. The van der Waals surface area contributed by atoms with E-state index in [1.54, 1.807) is 24.4 Å². The van der Waals surface area contributed by atoms with Gasteiger partial charge < -0.3 is 10.6 Å². The molecule has 0 aromatic heterocycles. The summed E-state index contributed by atoms with van der Waals surface area (Å²) in [6.07, 6.45) is 22.6. The Kier molecular flexibility index (Phi) is 6.34. The van der Waals surface area contributed by atoms with E-state index in [2.05, 4.69) is 5.48 Å². The van der Waals surface area contributed by atoms with E-state index in [0.29, 0.717) is 11.4 Å². The van der Waals surface area contributed by atoms with E-state index in [1.807, 2.05) is 66.8 Å². The van der Waals surface area contributed by atoms with Crippen LogP contribution in [0.25, 0.3) is 6.08 Å². The SMILES string of the molecule is Nc1ccc2c(c1)C=CC=CC=CC=CC=CC=CNOO2. The molecule has 1 aliphatic rings. The van der Waals surface area contributed by atoms with Gasteiger partial charge in [-0.05, 0) is 24.3 Å². The summed E-state index contributed by atoms with van der Waals surface area (Å²) in [7, 11) is 0. The number of hydrogen-bond acceptors (Lipinski definition) is 4. The van der Waals surface area contributed by atoms with Gasteiger partial charge in [-0.15, -0.1) is 0 Å². The predicted molar refractivity (Wildman–Crippen MR) is 90.4 cm³/mol. The Bertz CT molecular complexity index is 653. The molecule has 1 aromatic rings. The molecule has 0 saturated heterocycles. The van der Waals surface area contributed by atoms with Crippen LogP contribution in [-0.4, -0.2) is 0 Å². The third kappa shape index (κ3) is 5.56. The number of hydroxylamine groups is 1. The largest absolute Gasteiger partial charge is 0.399 e. The zero-order valence-corrected chi connectivity index (χ0v) is 12.1. The zero-order valence-electron chi connectivity index (χ0n) is 12.1. The fourth-order valence-corrected chi connectivity index (χ4v) is 1.64. The molecule has 0 saturated carbocycles. The Morgan fingerprint density at radius 1 is 0.773 bits per heavy atom. The van der Waals surface area contributed by atoms with Crippen LogP contribution in [0.4, 0.5) is 5.69 Å². The van der Waals surface area contributed by atoms with E-state index >= 15 is 0 Å². The fraction of sp³-hybridized carbons (Fsp3) is 0. The molecule has 1 aliphatic heterocycles. The van der Waals surface area contributed by atoms with Gasteiger partial charge in [0.25, 0.3) is 0 Å². The Morgan fingerprint density at radius 2 is 1.41 bits per heavy atom. The number of fused-ring (bicyclic) bond motifs is 1. The topological polar surface area (TPSA) is 56.5 Å². The first-order valence-corrected chi connectivity index (χ1v) is 6.85. The van der Waals surface area contributed by atoms with Crippen molar-refractivity contribution in [3.8, 4) is 5.75 Å². The summed E-state index contributed by atoms with van der Waals surface area (Å²) in [5.74, 6) is 0.566. The molecule has 0 aliphatic carbocycles. The quantitative estimate of drug-likeness (QED) is 0.563. The first-order chi connectivity index (χ1) is 10.9. The van der Waals surface area contributed by atoms with E-state index in [0.717, 1.165) is 5.56 Å². The summed E-state index contributed by atoms with van der Waals surface area (Å²) < 4.78 is 0. The van der Waals surface area contributed by atoms with Crippen molar-refractivity contribution in [2.24, 2.45) is 0 Å². The number of nitrogens with two attached hydrogens (primary N) is 1. The van der Waals surface area contributed by atoms with Crippen LogP contribution < -0.4 is 16.1 Å². The van der Waals surface area contributed by atoms with Gasteiger partial charge in [0.05, 0.1) is 0 Å². The first-order valence-electron chi connectivity index (χ1n) is 6.85. The number of anilines is 1. The maximum Gasteiger partial charge on any atom is 0.175 e. The van der Waals surface area contributed by atoms with Crippen molar-refractivity contribution in [3.05, 3.63) is 90.7 Å². The minimum absolute atomic E-state index is 0.566. The molecule has 3 N–H and O–H groups in total. The lowest BCUT2D eigenvalue weighted by atomic mass is 10.1. The van der Waals surface area contributed by atoms with Crippen LogP contribution in [0.3, 0.4) is 0 Å². The van der Waals surface area contributed by atoms with Crippen LogP contribution in [0.15, 0.2) is 85.2 Å². The van der Waals surface area contributed by atoms with Gasteiger partial charge in [0.2, 0.25) is 0 Å². The molecule has 0 bridgehead atoms. The lowest BCUT2D eigenvalue weighted by Crippen LogP contribution is -2.10. The monoisotopic (exact) mass is 294 g/mol. The van der Waals surface area contributed by atoms with Crippen LogP contribution >= 0.6 is 0 Å². The predicted octanol–water partition coefficient (Wildman–Crippen LogP) is 3.85. The average molecular weight is 294 g/mol. The van der Waals surface area contributed by atoms with Crippen LogP contribution in [0.2, 0.25) is 0 Å². The summed E-state index contributed by atoms with van der Waals surface area (Å²) in [4.78, 5) is 10.2. The highest BCUT2D eigenvalue weighted by molar-refractivity contribution is 5.63. The maximum atomic E-state index is 5.80. The Hall–Kier alpha value is -2.98. The lowest BCUT2D eigenvalue weighted by Gasteiger charge is -2.07. The highest BCUT2D eigenvalue weighted by Gasteiger charge is 2.02. The minimum Gasteiger partial charge on any atom is -0.399 e. The molecule has 112 valence electrons. The number of hydrogen-bond donors (Lipinski definition) is 2. The van der Waals surface area contributed by atoms with Gasteiger partial charge in [-0.1, -0.05) is 65.7 Å². The van der Waals surface area contributed by atoms with Gasteiger partial charge in [0.15, 0.2) is 5.75 Å². The minimum atomic E-state index is 0.566. The van der Waals surface area contributed by atoms with Crippen molar-refractivity contribution >= 4 is 11.8 Å². The second kappa shape index (κ2) is 9.05. The van der Waals surface area contributed by atoms with Gasteiger partial charge in [-0.25, -0.2) is 5.48 Å². The van der Waals surface area contributed by atoms with Gasteiger partial charge in [0, 0.05) is 17.5 Å². The van der Waals surface area contributed by atoms with E-state index in [1.165, 1.54) is 0 Å². The van der Waals surface area contributed by atoms with E-state index in [9.17, 15) is 0 Å². The maximum absolute atomic E-state index is 5.80. The smallest absolute Gasteiger partial charge is 0.175 e. The van der Waals surface area contributed by atoms with Crippen molar-refractivity contribution in [3.63, 3.8) is 0 Å². The number of rotatable bonds is 0. The van der Waals surface area contributed by atoms with Crippen LogP contribution in [0.1, 0.15) is 5.56 Å². The highest BCUT2D eigenvalue weighted by Crippen LogP contribution is 2.23. The Labute approximate surface area is 130 Å². The molecule has 0 radical (unpaired) electrons. The summed E-state index contributed by atoms with van der Waals surface area (Å²) in [5, 5.41) is 0. The van der Waals surface area contributed by atoms with E-state index < -0.39 is 0 Å². The lowest BCUT2D eigenvalue weighted by molar-refractivity contribution is -0.245. The molecule has 4 nitrogen and oxygen atoms in total. The molecular formula is C18H18N2O2. The van der Waals surface area contributed by atoms with Crippen molar-refractivity contribution < 1.29 is 9.88 Å². The summed E-state index contributed by atoms with van der Waals surface area (Å²) >= 11 is 0. The van der Waals surface area contributed by atoms with Crippen molar-refractivity contribution in [2.75, 3.05) is 5.73 Å². The molecule has 1 heterocycles.